The van der Waals surface area contributed by atoms with Gasteiger partial charge in [0.2, 0.25) is 10.0 Å². The molecule has 20 heavy (non-hydrogen) atoms. The molecule has 2 unspecified atom stereocenters. The fourth-order valence-corrected chi connectivity index (χ4v) is 5.91. The molecule has 2 rings (SSSR count). The Morgan fingerprint density at radius 2 is 2.20 bits per heavy atom. The van der Waals surface area contributed by atoms with Crippen LogP contribution in [-0.4, -0.2) is 45.1 Å². The van der Waals surface area contributed by atoms with Gasteiger partial charge in [0.25, 0.3) is 0 Å². The molecule has 2 atom stereocenters. The molecule has 0 bridgehead atoms. The molecular weight excluding hydrogens is 296 g/mol. The average molecular weight is 318 g/mol. The number of nitrogens with one attached hydrogen (secondary N) is 1. The predicted octanol–water partition coefficient (Wildman–Crippen LogP) is 1.57. The molecule has 7 heteroatoms. The highest BCUT2D eigenvalue weighted by Crippen LogP contribution is 2.31. The number of aryl methyl sites for hydroxylation is 1. The van der Waals surface area contributed by atoms with Crippen LogP contribution in [-0.2, 0) is 21.3 Å². The Labute approximate surface area is 125 Å². The summed E-state index contributed by atoms with van der Waals surface area (Å²) in [5, 5.41) is 4.95. The summed E-state index contributed by atoms with van der Waals surface area (Å²) >= 11 is 1.49. The van der Waals surface area contributed by atoms with Crippen molar-refractivity contribution in [3.05, 3.63) is 15.8 Å². The van der Waals surface area contributed by atoms with Crippen LogP contribution in [0.15, 0.2) is 10.3 Å². The molecule has 1 saturated heterocycles. The number of morpholine rings is 1. The van der Waals surface area contributed by atoms with Gasteiger partial charge in [-0.15, -0.1) is 11.3 Å². The molecule has 0 amide bonds. The Kier molecular flexibility index (Phi) is 4.86. The molecule has 0 saturated carbocycles. The van der Waals surface area contributed by atoms with E-state index in [1.165, 1.54) is 11.3 Å². The third-order valence-electron chi connectivity index (χ3n) is 3.44. The smallest absolute Gasteiger partial charge is 0.244 e. The first-order valence-corrected chi connectivity index (χ1v) is 9.05. The first-order chi connectivity index (χ1) is 9.37. The van der Waals surface area contributed by atoms with Crippen LogP contribution in [0.25, 0.3) is 0 Å². The molecule has 1 fully saturated rings. The summed E-state index contributed by atoms with van der Waals surface area (Å²) in [4.78, 5) is 1.34. The minimum Gasteiger partial charge on any atom is -0.375 e. The van der Waals surface area contributed by atoms with Gasteiger partial charge in [-0.3, -0.25) is 0 Å². The maximum absolute atomic E-state index is 13.0. The highest BCUT2D eigenvalue weighted by molar-refractivity contribution is 7.89. The largest absolute Gasteiger partial charge is 0.375 e. The highest BCUT2D eigenvalue weighted by atomic mass is 32.2. The lowest BCUT2D eigenvalue weighted by molar-refractivity contribution is -0.0170. The van der Waals surface area contributed by atoms with Crippen molar-refractivity contribution in [2.75, 3.05) is 20.2 Å². The summed E-state index contributed by atoms with van der Waals surface area (Å²) in [5.41, 5.74) is 0.826. The van der Waals surface area contributed by atoms with Crippen LogP contribution < -0.4 is 5.32 Å². The third kappa shape index (κ3) is 2.92. The second kappa shape index (κ2) is 6.11. The van der Waals surface area contributed by atoms with Crippen LogP contribution in [0.1, 0.15) is 24.3 Å². The summed E-state index contributed by atoms with van der Waals surface area (Å²) in [6, 6.07) is -0.127. The van der Waals surface area contributed by atoms with Gasteiger partial charge in [-0.25, -0.2) is 8.42 Å². The molecular formula is C13H22N2O3S2. The van der Waals surface area contributed by atoms with Crippen molar-refractivity contribution in [2.45, 2.75) is 44.4 Å². The first kappa shape index (κ1) is 15.9. The molecule has 0 aromatic carbocycles. The fraction of sp³-hybridized carbons (Fsp3) is 0.692. The quantitative estimate of drug-likeness (QED) is 0.915. The van der Waals surface area contributed by atoms with Crippen molar-refractivity contribution >= 4 is 21.4 Å². The van der Waals surface area contributed by atoms with E-state index in [0.717, 1.165) is 10.4 Å². The van der Waals surface area contributed by atoms with Gasteiger partial charge in [-0.05, 0) is 38.8 Å². The second-order valence-electron chi connectivity index (χ2n) is 5.27. The number of thiophene rings is 1. The molecule has 0 radical (unpaired) electrons. The van der Waals surface area contributed by atoms with Gasteiger partial charge in [0.1, 0.15) is 4.90 Å². The SMILES string of the molecule is CNCc1scc(C)c1S(=O)(=O)N1CC(C)OCC1C. The molecule has 0 aliphatic carbocycles. The van der Waals surface area contributed by atoms with E-state index >= 15 is 0 Å². The standard InChI is InChI=1S/C13H22N2O3S2/c1-9-8-19-12(5-14-4)13(9)20(16,17)15-6-11(3)18-7-10(15)2/h8,10-11,14H,5-7H2,1-4H3. The Morgan fingerprint density at radius 1 is 1.50 bits per heavy atom. The maximum atomic E-state index is 13.0. The Hall–Kier alpha value is -0.470. The summed E-state index contributed by atoms with van der Waals surface area (Å²) in [6.45, 7) is 7.09. The Bertz CT molecular complexity index is 568. The number of sulfonamides is 1. The summed E-state index contributed by atoms with van der Waals surface area (Å²) < 4.78 is 33.0. The molecule has 1 N–H and O–H groups in total. The minimum absolute atomic E-state index is 0.0623. The predicted molar refractivity (Wildman–Crippen MR) is 80.6 cm³/mol. The van der Waals surface area contributed by atoms with E-state index in [1.807, 2.05) is 33.2 Å². The van der Waals surface area contributed by atoms with Crippen molar-refractivity contribution in [1.82, 2.24) is 9.62 Å². The molecule has 1 aliphatic heterocycles. The first-order valence-electron chi connectivity index (χ1n) is 6.73. The average Bonchev–Trinajstić information content (AvgIpc) is 2.74. The lowest BCUT2D eigenvalue weighted by Crippen LogP contribution is -2.50. The highest BCUT2D eigenvalue weighted by Gasteiger charge is 2.36. The van der Waals surface area contributed by atoms with Crippen LogP contribution in [0, 0.1) is 6.92 Å². The molecule has 0 spiro atoms. The maximum Gasteiger partial charge on any atom is 0.244 e. The van der Waals surface area contributed by atoms with Gasteiger partial charge >= 0.3 is 0 Å². The molecule has 2 heterocycles. The van der Waals surface area contributed by atoms with E-state index in [9.17, 15) is 8.42 Å². The Morgan fingerprint density at radius 3 is 2.85 bits per heavy atom. The molecule has 114 valence electrons. The van der Waals surface area contributed by atoms with Crippen molar-refractivity contribution in [3.8, 4) is 0 Å². The lowest BCUT2D eigenvalue weighted by Gasteiger charge is -2.35. The van der Waals surface area contributed by atoms with E-state index in [4.69, 9.17) is 4.74 Å². The zero-order chi connectivity index (χ0) is 14.9. The van der Waals surface area contributed by atoms with Gasteiger partial charge in [0.05, 0.1) is 12.7 Å². The van der Waals surface area contributed by atoms with E-state index in [1.54, 1.807) is 4.31 Å². The van der Waals surface area contributed by atoms with Crippen LogP contribution in [0.2, 0.25) is 0 Å². The zero-order valence-electron chi connectivity index (χ0n) is 12.3. The van der Waals surface area contributed by atoms with Crippen molar-refractivity contribution in [2.24, 2.45) is 0 Å². The van der Waals surface area contributed by atoms with Gasteiger partial charge in [-0.1, -0.05) is 0 Å². The number of hydrogen-bond donors (Lipinski definition) is 1. The molecule has 1 aliphatic rings. The second-order valence-corrected chi connectivity index (χ2v) is 8.06. The summed E-state index contributed by atoms with van der Waals surface area (Å²) in [7, 11) is -1.64. The normalized spacial score (nSPS) is 25.0. The van der Waals surface area contributed by atoms with Crippen LogP contribution in [0.5, 0.6) is 0 Å². The molecule has 1 aromatic rings. The van der Waals surface area contributed by atoms with Gasteiger partial charge in [0, 0.05) is 24.0 Å². The Balaban J connectivity index is 2.41. The summed E-state index contributed by atoms with van der Waals surface area (Å²) in [6.07, 6.45) is -0.0623. The zero-order valence-corrected chi connectivity index (χ0v) is 14.0. The van der Waals surface area contributed by atoms with E-state index in [2.05, 4.69) is 5.32 Å². The van der Waals surface area contributed by atoms with Gasteiger partial charge in [-0.2, -0.15) is 4.31 Å². The van der Waals surface area contributed by atoms with Crippen LogP contribution in [0.3, 0.4) is 0 Å². The summed E-state index contributed by atoms with van der Waals surface area (Å²) in [5.74, 6) is 0. The van der Waals surface area contributed by atoms with Crippen molar-refractivity contribution in [3.63, 3.8) is 0 Å². The number of nitrogens with zero attached hydrogens (tertiary/aromatic N) is 1. The number of rotatable bonds is 4. The van der Waals surface area contributed by atoms with Crippen molar-refractivity contribution < 1.29 is 13.2 Å². The van der Waals surface area contributed by atoms with Crippen LogP contribution >= 0.6 is 11.3 Å². The molecule has 5 nitrogen and oxygen atoms in total. The topological polar surface area (TPSA) is 58.6 Å². The van der Waals surface area contributed by atoms with Crippen LogP contribution in [0.4, 0.5) is 0 Å². The minimum atomic E-state index is -3.46. The molecule has 1 aromatic heterocycles. The van der Waals surface area contributed by atoms with E-state index in [0.29, 0.717) is 24.6 Å². The lowest BCUT2D eigenvalue weighted by atomic mass is 10.2. The van der Waals surface area contributed by atoms with E-state index in [-0.39, 0.29) is 12.1 Å². The van der Waals surface area contributed by atoms with Gasteiger partial charge in [0.15, 0.2) is 0 Å². The fourth-order valence-electron chi connectivity index (χ4n) is 2.44. The monoisotopic (exact) mass is 318 g/mol. The van der Waals surface area contributed by atoms with Gasteiger partial charge < -0.3 is 10.1 Å². The van der Waals surface area contributed by atoms with Crippen molar-refractivity contribution in [1.29, 1.82) is 0 Å². The number of hydrogen-bond acceptors (Lipinski definition) is 5. The number of ether oxygens (including phenoxy) is 1. The van der Waals surface area contributed by atoms with E-state index < -0.39 is 10.0 Å². The third-order valence-corrected chi connectivity index (χ3v) is 6.89.